The minimum atomic E-state index is -3.56. The Balaban J connectivity index is 2.35. The summed E-state index contributed by atoms with van der Waals surface area (Å²) >= 11 is 2.19. The molecule has 0 bridgehead atoms. The van der Waals surface area contributed by atoms with Gasteiger partial charge in [-0.2, -0.15) is 0 Å². The number of hydrogen-bond donors (Lipinski definition) is 0. The van der Waals surface area contributed by atoms with Gasteiger partial charge in [0.15, 0.2) is 0 Å². The van der Waals surface area contributed by atoms with Gasteiger partial charge in [-0.3, -0.25) is 0 Å². The molecule has 0 N–H and O–H groups in total. The molecule has 1 heterocycles. The van der Waals surface area contributed by atoms with Crippen LogP contribution < -0.4 is 0 Å². The van der Waals surface area contributed by atoms with Crippen LogP contribution in [0.2, 0.25) is 0 Å². The molecule has 0 atom stereocenters. The van der Waals surface area contributed by atoms with Crippen molar-refractivity contribution in [1.82, 2.24) is 3.97 Å². The molecule has 0 unspecified atom stereocenters. The zero-order valence-electron chi connectivity index (χ0n) is 10.7. The van der Waals surface area contributed by atoms with Gasteiger partial charge in [0.05, 0.1) is 10.4 Å². The van der Waals surface area contributed by atoms with Crippen LogP contribution in [0.3, 0.4) is 0 Å². The summed E-state index contributed by atoms with van der Waals surface area (Å²) in [6, 6.07) is 16.2. The maximum atomic E-state index is 12.8. The highest BCUT2D eigenvalue weighted by Crippen LogP contribution is 2.26. The fourth-order valence-electron chi connectivity index (χ4n) is 2.31. The topological polar surface area (TPSA) is 39.1 Å². The van der Waals surface area contributed by atoms with Crippen molar-refractivity contribution in [3.05, 3.63) is 63.9 Å². The molecule has 0 saturated heterocycles. The summed E-state index contributed by atoms with van der Waals surface area (Å²) in [6.07, 6.45) is 0. The molecule has 20 heavy (non-hydrogen) atoms. The van der Waals surface area contributed by atoms with E-state index >= 15 is 0 Å². The number of benzene rings is 2. The molecule has 5 heteroatoms. The van der Waals surface area contributed by atoms with E-state index < -0.39 is 10.0 Å². The van der Waals surface area contributed by atoms with Gasteiger partial charge in [-0.15, -0.1) is 0 Å². The smallest absolute Gasteiger partial charge is 0.238 e. The highest BCUT2D eigenvalue weighted by Gasteiger charge is 2.21. The van der Waals surface area contributed by atoms with Crippen LogP contribution in [0.5, 0.6) is 0 Å². The number of aromatic nitrogens is 1. The largest absolute Gasteiger partial charge is 0.268 e. The summed E-state index contributed by atoms with van der Waals surface area (Å²) in [5.41, 5.74) is 1.43. The molecule has 0 radical (unpaired) electrons. The van der Waals surface area contributed by atoms with Gasteiger partial charge in [-0.25, -0.2) is 12.4 Å². The number of fused-ring (bicyclic) bond motifs is 1. The lowest BCUT2D eigenvalue weighted by atomic mass is 10.2. The van der Waals surface area contributed by atoms with Gasteiger partial charge < -0.3 is 0 Å². The summed E-state index contributed by atoms with van der Waals surface area (Å²) in [7, 11) is -3.56. The quantitative estimate of drug-likeness (QED) is 0.618. The van der Waals surface area contributed by atoms with Crippen LogP contribution in [0.15, 0.2) is 59.5 Å². The molecule has 1 aromatic heterocycles. The van der Waals surface area contributed by atoms with Gasteiger partial charge in [-0.05, 0) is 59.8 Å². The van der Waals surface area contributed by atoms with Gasteiger partial charge in [0.2, 0.25) is 0 Å². The second-order valence-corrected chi connectivity index (χ2v) is 7.60. The molecule has 0 aliphatic carbocycles. The van der Waals surface area contributed by atoms with Crippen molar-refractivity contribution in [2.75, 3.05) is 0 Å². The molecule has 0 amide bonds. The van der Waals surface area contributed by atoms with E-state index in [2.05, 4.69) is 22.6 Å². The van der Waals surface area contributed by atoms with E-state index in [-0.39, 0.29) is 0 Å². The van der Waals surface area contributed by atoms with E-state index in [0.717, 1.165) is 14.5 Å². The van der Waals surface area contributed by atoms with Crippen LogP contribution in [-0.2, 0) is 10.0 Å². The summed E-state index contributed by atoms with van der Waals surface area (Å²) in [4.78, 5) is 0.305. The zero-order chi connectivity index (χ0) is 14.3. The molecule has 0 aliphatic heterocycles. The third-order valence-corrected chi connectivity index (χ3v) is 5.68. The van der Waals surface area contributed by atoms with Gasteiger partial charge in [0.1, 0.15) is 0 Å². The molecule has 3 aromatic rings. The lowest BCUT2D eigenvalue weighted by Gasteiger charge is -2.10. The third-order valence-electron chi connectivity index (χ3n) is 3.18. The second kappa shape index (κ2) is 4.89. The van der Waals surface area contributed by atoms with Crippen LogP contribution >= 0.6 is 22.6 Å². The third kappa shape index (κ3) is 2.14. The van der Waals surface area contributed by atoms with E-state index in [1.54, 1.807) is 24.3 Å². The van der Waals surface area contributed by atoms with Crippen molar-refractivity contribution in [1.29, 1.82) is 0 Å². The predicted molar refractivity (Wildman–Crippen MR) is 88.4 cm³/mol. The molecule has 0 saturated carbocycles. The Hall–Kier alpha value is -1.34. The average Bonchev–Trinajstić information content (AvgIpc) is 2.75. The van der Waals surface area contributed by atoms with E-state index in [1.165, 1.54) is 3.97 Å². The van der Waals surface area contributed by atoms with Crippen molar-refractivity contribution in [2.24, 2.45) is 0 Å². The number of nitrogens with zero attached hydrogens (tertiary/aromatic N) is 1. The number of halogens is 1. The highest BCUT2D eigenvalue weighted by atomic mass is 127. The monoisotopic (exact) mass is 397 g/mol. The fourth-order valence-corrected chi connectivity index (χ4v) is 4.34. The van der Waals surface area contributed by atoms with Crippen LogP contribution in [0.25, 0.3) is 10.9 Å². The molecule has 0 fully saturated rings. The highest BCUT2D eigenvalue weighted by molar-refractivity contribution is 14.1. The van der Waals surface area contributed by atoms with Crippen molar-refractivity contribution in [3.63, 3.8) is 0 Å². The summed E-state index contributed by atoms with van der Waals surface area (Å²) in [6.45, 7) is 1.81. The zero-order valence-corrected chi connectivity index (χ0v) is 13.7. The Bertz CT molecular complexity index is 883. The lowest BCUT2D eigenvalue weighted by Crippen LogP contribution is -2.14. The van der Waals surface area contributed by atoms with Crippen molar-refractivity contribution < 1.29 is 8.42 Å². The Morgan fingerprint density at radius 3 is 2.40 bits per heavy atom. The molecular weight excluding hydrogens is 385 g/mol. The van der Waals surface area contributed by atoms with Crippen molar-refractivity contribution in [2.45, 2.75) is 11.8 Å². The number of aryl methyl sites for hydroxylation is 1. The van der Waals surface area contributed by atoms with Gasteiger partial charge in [0.25, 0.3) is 10.0 Å². The summed E-state index contributed by atoms with van der Waals surface area (Å²) in [5.74, 6) is 0. The maximum Gasteiger partial charge on any atom is 0.268 e. The molecule has 102 valence electrons. The Kier molecular flexibility index (Phi) is 3.33. The SMILES string of the molecule is Cc1cc2ccc(I)cc2n1S(=O)(=O)c1ccccc1. The van der Waals surface area contributed by atoms with Crippen LogP contribution in [0.1, 0.15) is 5.69 Å². The van der Waals surface area contributed by atoms with Gasteiger partial charge in [-0.1, -0.05) is 24.3 Å². The van der Waals surface area contributed by atoms with Crippen molar-refractivity contribution in [3.8, 4) is 0 Å². The first-order chi connectivity index (χ1) is 9.50. The molecule has 3 nitrogen and oxygen atoms in total. The van der Waals surface area contributed by atoms with Crippen LogP contribution in [-0.4, -0.2) is 12.4 Å². The second-order valence-electron chi connectivity index (χ2n) is 4.57. The summed E-state index contributed by atoms with van der Waals surface area (Å²) in [5, 5.41) is 0.933. The van der Waals surface area contributed by atoms with Crippen LogP contribution in [0.4, 0.5) is 0 Å². The standard InChI is InChI=1S/C15H12INO2S/c1-11-9-12-7-8-13(16)10-15(12)17(11)20(18,19)14-5-3-2-4-6-14/h2-10H,1H3. The van der Waals surface area contributed by atoms with E-state index in [1.807, 2.05) is 37.3 Å². The first-order valence-corrected chi connectivity index (χ1v) is 8.60. The van der Waals surface area contributed by atoms with Gasteiger partial charge in [0, 0.05) is 14.7 Å². The van der Waals surface area contributed by atoms with E-state index in [0.29, 0.717) is 10.6 Å². The molecule has 2 aromatic carbocycles. The normalized spacial score (nSPS) is 11.9. The molecule has 3 rings (SSSR count). The first kappa shape index (κ1) is 13.6. The Labute approximate surface area is 131 Å². The van der Waals surface area contributed by atoms with E-state index in [9.17, 15) is 8.42 Å². The van der Waals surface area contributed by atoms with Gasteiger partial charge >= 0.3 is 0 Å². The Morgan fingerprint density at radius 2 is 1.70 bits per heavy atom. The number of hydrogen-bond acceptors (Lipinski definition) is 2. The van der Waals surface area contributed by atoms with Crippen LogP contribution in [0, 0.1) is 10.5 Å². The first-order valence-electron chi connectivity index (χ1n) is 6.08. The van der Waals surface area contributed by atoms with E-state index in [4.69, 9.17) is 0 Å². The van der Waals surface area contributed by atoms with Crippen molar-refractivity contribution >= 4 is 43.5 Å². The average molecular weight is 397 g/mol. The number of rotatable bonds is 2. The predicted octanol–water partition coefficient (Wildman–Crippen LogP) is 3.79. The summed E-state index contributed by atoms with van der Waals surface area (Å²) < 4.78 is 28.0. The minimum absolute atomic E-state index is 0.305. The molecular formula is C15H12INO2S. The lowest BCUT2D eigenvalue weighted by molar-refractivity contribution is 0.588. The fraction of sp³-hybridized carbons (Fsp3) is 0.0667. The minimum Gasteiger partial charge on any atom is -0.238 e. The maximum absolute atomic E-state index is 12.8. The Morgan fingerprint density at radius 1 is 1.00 bits per heavy atom. The molecule has 0 spiro atoms. The molecule has 0 aliphatic rings.